The standard InChI is InChI=1S/C19H23N5O2/c1-6-12-11-20-17-15(18(25)24(5)19(26)23(17)4)16(12)21-13-7-9-14(10-8-13)22(2)3/h7-11,15H,6H2,1-5H3. The van der Waals surface area contributed by atoms with Gasteiger partial charge in [0.15, 0.2) is 0 Å². The molecule has 0 saturated carbocycles. The number of anilines is 1. The minimum absolute atomic E-state index is 0.297. The minimum Gasteiger partial charge on any atom is -0.378 e. The van der Waals surface area contributed by atoms with Crippen LogP contribution in [-0.4, -0.2) is 61.5 Å². The van der Waals surface area contributed by atoms with E-state index in [-0.39, 0.29) is 11.9 Å². The van der Waals surface area contributed by atoms with E-state index >= 15 is 0 Å². The zero-order valence-electron chi connectivity index (χ0n) is 15.7. The lowest BCUT2D eigenvalue weighted by atomic mass is 9.89. The molecule has 2 heterocycles. The number of aliphatic imine (C=N–C) groups is 2. The van der Waals surface area contributed by atoms with Gasteiger partial charge in [0.1, 0.15) is 11.8 Å². The van der Waals surface area contributed by atoms with Crippen LogP contribution in [0.2, 0.25) is 0 Å². The topological polar surface area (TPSA) is 68.6 Å². The van der Waals surface area contributed by atoms with Crippen LogP contribution in [0.15, 0.2) is 46.0 Å². The largest absolute Gasteiger partial charge is 0.378 e. The quantitative estimate of drug-likeness (QED) is 0.839. The second kappa shape index (κ2) is 6.74. The van der Waals surface area contributed by atoms with Gasteiger partial charge >= 0.3 is 6.03 Å². The molecule has 0 radical (unpaired) electrons. The first-order valence-corrected chi connectivity index (χ1v) is 8.53. The maximum atomic E-state index is 12.8. The number of hydrogen-bond donors (Lipinski definition) is 0. The fraction of sp³-hybridized carbons (Fsp3) is 0.368. The number of amides is 3. The van der Waals surface area contributed by atoms with E-state index < -0.39 is 5.92 Å². The highest BCUT2D eigenvalue weighted by Gasteiger charge is 2.45. The average molecular weight is 353 g/mol. The Balaban J connectivity index is 2.06. The molecule has 7 heteroatoms. The molecule has 1 atom stereocenters. The van der Waals surface area contributed by atoms with Gasteiger partial charge in [-0.05, 0) is 36.3 Å². The zero-order chi connectivity index (χ0) is 19.0. The summed E-state index contributed by atoms with van der Waals surface area (Å²) in [6.45, 7) is 2.00. The number of imide groups is 1. The maximum Gasteiger partial charge on any atom is 0.331 e. The lowest BCUT2D eigenvalue weighted by molar-refractivity contribution is -0.128. The highest BCUT2D eigenvalue weighted by molar-refractivity contribution is 6.33. The van der Waals surface area contributed by atoms with Crippen molar-refractivity contribution < 1.29 is 9.59 Å². The molecule has 1 unspecified atom stereocenters. The van der Waals surface area contributed by atoms with Crippen LogP contribution in [0.1, 0.15) is 13.3 Å². The fourth-order valence-electron chi connectivity index (χ4n) is 3.08. The number of carbonyl (C=O) groups excluding carboxylic acids is 2. The van der Waals surface area contributed by atoms with E-state index in [9.17, 15) is 9.59 Å². The predicted octanol–water partition coefficient (Wildman–Crippen LogP) is 2.67. The van der Waals surface area contributed by atoms with Gasteiger partial charge in [0.05, 0.1) is 11.4 Å². The molecule has 1 saturated heterocycles. The molecule has 0 aromatic heterocycles. The van der Waals surface area contributed by atoms with E-state index in [0.717, 1.165) is 21.8 Å². The van der Waals surface area contributed by atoms with Crippen molar-refractivity contribution in [2.75, 3.05) is 33.1 Å². The van der Waals surface area contributed by atoms with Gasteiger partial charge in [-0.3, -0.25) is 19.6 Å². The summed E-state index contributed by atoms with van der Waals surface area (Å²) in [6.07, 6.45) is 2.41. The van der Waals surface area contributed by atoms with E-state index in [2.05, 4.69) is 4.99 Å². The summed E-state index contributed by atoms with van der Waals surface area (Å²) in [7, 11) is 7.08. The van der Waals surface area contributed by atoms with E-state index in [0.29, 0.717) is 18.0 Å². The molecule has 2 aliphatic heterocycles. The molecule has 3 rings (SSSR count). The molecule has 0 N–H and O–H groups in total. The molecule has 2 aliphatic rings. The van der Waals surface area contributed by atoms with E-state index in [1.54, 1.807) is 13.2 Å². The number of rotatable bonds is 3. The highest BCUT2D eigenvalue weighted by Crippen LogP contribution is 2.29. The Morgan fingerprint density at radius 2 is 1.77 bits per heavy atom. The molecule has 1 aromatic carbocycles. The van der Waals surface area contributed by atoms with Crippen molar-refractivity contribution in [1.82, 2.24) is 9.80 Å². The number of nitrogens with zero attached hydrogens (tertiary/aromatic N) is 5. The molecule has 3 amide bonds. The molecule has 1 fully saturated rings. The number of amidine groups is 1. The fourth-order valence-corrected chi connectivity index (χ4v) is 3.08. The van der Waals surface area contributed by atoms with Crippen LogP contribution in [-0.2, 0) is 4.79 Å². The molecular formula is C19H23N5O2. The van der Waals surface area contributed by atoms with Crippen molar-refractivity contribution in [2.24, 2.45) is 15.9 Å². The molecule has 136 valence electrons. The van der Waals surface area contributed by atoms with Crippen molar-refractivity contribution in [2.45, 2.75) is 13.3 Å². The highest BCUT2D eigenvalue weighted by atomic mass is 16.2. The van der Waals surface area contributed by atoms with Gasteiger partial charge < -0.3 is 4.90 Å². The van der Waals surface area contributed by atoms with Crippen molar-refractivity contribution in [3.05, 3.63) is 36.0 Å². The predicted molar refractivity (Wildman–Crippen MR) is 103 cm³/mol. The maximum absolute atomic E-state index is 12.8. The van der Waals surface area contributed by atoms with Crippen LogP contribution in [0, 0.1) is 5.92 Å². The Bertz CT molecular complexity index is 836. The van der Waals surface area contributed by atoms with Gasteiger partial charge in [-0.25, -0.2) is 9.79 Å². The normalized spacial score (nSPS) is 21.6. The van der Waals surface area contributed by atoms with Crippen LogP contribution < -0.4 is 4.90 Å². The molecule has 7 nitrogen and oxygen atoms in total. The number of benzene rings is 1. The lowest BCUT2D eigenvalue weighted by Crippen LogP contribution is -2.59. The Hall–Kier alpha value is -2.96. The number of fused-ring (bicyclic) bond motifs is 1. The van der Waals surface area contributed by atoms with Gasteiger partial charge in [0.25, 0.3) is 0 Å². The first-order chi connectivity index (χ1) is 12.3. The molecule has 1 aromatic rings. The average Bonchev–Trinajstić information content (AvgIpc) is 2.64. The van der Waals surface area contributed by atoms with Crippen LogP contribution >= 0.6 is 0 Å². The van der Waals surface area contributed by atoms with Crippen molar-refractivity contribution in [3.63, 3.8) is 0 Å². The summed E-state index contributed by atoms with van der Waals surface area (Å²) >= 11 is 0. The smallest absolute Gasteiger partial charge is 0.331 e. The van der Waals surface area contributed by atoms with E-state index in [4.69, 9.17) is 4.99 Å². The summed E-state index contributed by atoms with van der Waals surface area (Å²) in [5, 5.41) is 0. The van der Waals surface area contributed by atoms with Crippen LogP contribution in [0.5, 0.6) is 0 Å². The Morgan fingerprint density at radius 1 is 1.12 bits per heavy atom. The summed E-state index contributed by atoms with van der Waals surface area (Å²) in [4.78, 5) is 38.7. The number of urea groups is 1. The summed E-state index contributed by atoms with van der Waals surface area (Å²) in [6, 6.07) is 7.43. The van der Waals surface area contributed by atoms with Gasteiger partial charge in [-0.1, -0.05) is 6.92 Å². The Labute approximate surface area is 153 Å². The van der Waals surface area contributed by atoms with Gasteiger partial charge in [0, 0.05) is 40.1 Å². The third-order valence-corrected chi connectivity index (χ3v) is 4.70. The van der Waals surface area contributed by atoms with E-state index in [1.165, 1.54) is 11.9 Å². The summed E-state index contributed by atoms with van der Waals surface area (Å²) < 4.78 is 0. The SMILES string of the molecule is CCC1=CN=C2C(C(=O)N(C)C(=O)N2C)C1=Nc1ccc(N(C)C)cc1. The minimum atomic E-state index is -0.656. The second-order valence-electron chi connectivity index (χ2n) is 6.57. The monoisotopic (exact) mass is 353 g/mol. The van der Waals surface area contributed by atoms with Crippen molar-refractivity contribution >= 4 is 34.9 Å². The van der Waals surface area contributed by atoms with Crippen LogP contribution in [0.3, 0.4) is 0 Å². The van der Waals surface area contributed by atoms with Crippen LogP contribution in [0.25, 0.3) is 0 Å². The summed E-state index contributed by atoms with van der Waals surface area (Å²) in [5.74, 6) is -0.523. The third-order valence-electron chi connectivity index (χ3n) is 4.70. The lowest BCUT2D eigenvalue weighted by Gasteiger charge is -2.37. The first kappa shape index (κ1) is 17.8. The zero-order valence-corrected chi connectivity index (χ0v) is 15.7. The molecule has 0 bridgehead atoms. The summed E-state index contributed by atoms with van der Waals surface area (Å²) in [5.41, 5.74) is 3.40. The molecule has 26 heavy (non-hydrogen) atoms. The molecule has 0 spiro atoms. The van der Waals surface area contributed by atoms with Gasteiger partial charge in [-0.2, -0.15) is 0 Å². The second-order valence-corrected chi connectivity index (χ2v) is 6.57. The number of allylic oxidation sites excluding steroid dienone is 1. The van der Waals surface area contributed by atoms with Gasteiger partial charge in [-0.15, -0.1) is 0 Å². The third kappa shape index (κ3) is 2.89. The molecular weight excluding hydrogens is 330 g/mol. The Morgan fingerprint density at radius 3 is 2.35 bits per heavy atom. The van der Waals surface area contributed by atoms with Crippen molar-refractivity contribution in [1.29, 1.82) is 0 Å². The Kier molecular flexibility index (Phi) is 4.63. The van der Waals surface area contributed by atoms with E-state index in [1.807, 2.05) is 50.2 Å². The van der Waals surface area contributed by atoms with Crippen molar-refractivity contribution in [3.8, 4) is 0 Å². The van der Waals surface area contributed by atoms with Gasteiger partial charge in [0.2, 0.25) is 5.91 Å². The molecule has 0 aliphatic carbocycles. The number of carbonyl (C=O) groups is 2. The first-order valence-electron chi connectivity index (χ1n) is 8.53. The number of hydrogen-bond acceptors (Lipinski definition) is 5. The van der Waals surface area contributed by atoms with Crippen LogP contribution in [0.4, 0.5) is 16.2 Å².